The van der Waals surface area contributed by atoms with E-state index in [0.29, 0.717) is 12.2 Å². The van der Waals surface area contributed by atoms with Gasteiger partial charge < -0.3 is 15.0 Å². The van der Waals surface area contributed by atoms with Crippen molar-refractivity contribution in [2.45, 2.75) is 44.6 Å². The number of aromatic nitrogens is 1. The van der Waals surface area contributed by atoms with Gasteiger partial charge >= 0.3 is 5.97 Å². The molecule has 5 nitrogen and oxygen atoms in total. The third kappa shape index (κ3) is 2.40. The van der Waals surface area contributed by atoms with Crippen LogP contribution in [0.4, 0.5) is 5.69 Å². The Morgan fingerprint density at radius 3 is 2.83 bits per heavy atom. The minimum atomic E-state index is -0.405. The Bertz CT molecular complexity index is 834. The summed E-state index contributed by atoms with van der Waals surface area (Å²) >= 11 is 0. The molecule has 2 heterocycles. The molecule has 2 aliphatic rings. The first-order valence-electron chi connectivity index (χ1n) is 8.24. The topological polar surface area (TPSA) is 71.2 Å². The molecule has 1 aliphatic heterocycles. The molecule has 2 aromatic rings. The normalized spacial score (nSPS) is 20.5. The van der Waals surface area contributed by atoms with Gasteiger partial charge in [0, 0.05) is 23.0 Å². The number of hydrogen-bond acceptors (Lipinski definition) is 4. The van der Waals surface area contributed by atoms with Crippen molar-refractivity contribution >= 4 is 22.6 Å². The number of esters is 1. The summed E-state index contributed by atoms with van der Waals surface area (Å²) in [6, 6.07) is 5.87. The molecular formula is C18H20N2O3. The van der Waals surface area contributed by atoms with Gasteiger partial charge in [0.25, 0.3) is 5.56 Å². The maximum atomic E-state index is 12.6. The van der Waals surface area contributed by atoms with Crippen LogP contribution in [0.15, 0.2) is 23.0 Å². The molecule has 5 heteroatoms. The fourth-order valence-corrected chi connectivity index (χ4v) is 3.73. The van der Waals surface area contributed by atoms with Crippen LogP contribution in [0.25, 0.3) is 10.9 Å². The third-order valence-electron chi connectivity index (χ3n) is 4.91. The molecule has 1 atom stereocenters. The molecule has 23 heavy (non-hydrogen) atoms. The fourth-order valence-electron chi connectivity index (χ4n) is 3.73. The summed E-state index contributed by atoms with van der Waals surface area (Å²) in [5.41, 5.74) is 2.99. The number of aryl methyl sites for hydroxylation is 1. The van der Waals surface area contributed by atoms with Crippen LogP contribution >= 0.6 is 0 Å². The predicted molar refractivity (Wildman–Crippen MR) is 88.9 cm³/mol. The lowest BCUT2D eigenvalue weighted by atomic mass is 9.96. The quantitative estimate of drug-likeness (QED) is 0.837. The van der Waals surface area contributed by atoms with Crippen LogP contribution in [0, 0.1) is 6.92 Å². The summed E-state index contributed by atoms with van der Waals surface area (Å²) < 4.78 is 5.68. The zero-order chi connectivity index (χ0) is 16.0. The SMILES string of the molecule is Cc1ccc2[nH]c(=O)c3c(c2c1)C(C(=O)OC1CCCC1)CN3. The van der Waals surface area contributed by atoms with Crippen LogP contribution in [0.5, 0.6) is 0 Å². The standard InChI is InChI=1S/C18H20N2O3/c1-10-6-7-14-12(8-10)15-13(9-19-16(15)17(21)20-14)18(22)23-11-4-2-3-5-11/h6-8,11,13,19H,2-5,9H2,1H3,(H,20,21). The smallest absolute Gasteiger partial charge is 0.315 e. The number of carbonyl (C=O) groups is 1. The van der Waals surface area contributed by atoms with E-state index in [-0.39, 0.29) is 17.6 Å². The third-order valence-corrected chi connectivity index (χ3v) is 4.91. The summed E-state index contributed by atoms with van der Waals surface area (Å²) in [6.45, 7) is 2.43. The highest BCUT2D eigenvalue weighted by Crippen LogP contribution is 2.36. The molecular weight excluding hydrogens is 292 g/mol. The summed E-state index contributed by atoms with van der Waals surface area (Å²) in [4.78, 5) is 27.8. The first-order chi connectivity index (χ1) is 11.1. The van der Waals surface area contributed by atoms with Gasteiger partial charge in [-0.25, -0.2) is 0 Å². The van der Waals surface area contributed by atoms with Gasteiger partial charge in [0.2, 0.25) is 0 Å². The highest BCUT2D eigenvalue weighted by molar-refractivity contribution is 5.95. The lowest BCUT2D eigenvalue weighted by Gasteiger charge is -2.16. The molecule has 2 N–H and O–H groups in total. The van der Waals surface area contributed by atoms with Crippen LogP contribution in [-0.2, 0) is 9.53 Å². The van der Waals surface area contributed by atoms with E-state index in [9.17, 15) is 9.59 Å². The molecule has 0 bridgehead atoms. The molecule has 1 unspecified atom stereocenters. The number of ether oxygens (including phenoxy) is 1. The number of pyridine rings is 1. The van der Waals surface area contributed by atoms with E-state index in [1.54, 1.807) is 0 Å². The average molecular weight is 312 g/mol. The Morgan fingerprint density at radius 2 is 2.04 bits per heavy atom. The summed E-state index contributed by atoms with van der Waals surface area (Å²) in [5.74, 6) is -0.617. The van der Waals surface area contributed by atoms with E-state index in [2.05, 4.69) is 10.3 Å². The van der Waals surface area contributed by atoms with Crippen molar-refractivity contribution in [2.24, 2.45) is 0 Å². The van der Waals surface area contributed by atoms with Gasteiger partial charge in [-0.1, -0.05) is 11.6 Å². The monoisotopic (exact) mass is 312 g/mol. The van der Waals surface area contributed by atoms with Crippen LogP contribution in [0.2, 0.25) is 0 Å². The highest BCUT2D eigenvalue weighted by atomic mass is 16.5. The van der Waals surface area contributed by atoms with Crippen molar-refractivity contribution in [3.63, 3.8) is 0 Å². The predicted octanol–water partition coefficient (Wildman–Crippen LogP) is 2.83. The first kappa shape index (κ1) is 14.3. The van der Waals surface area contributed by atoms with Gasteiger partial charge in [-0.3, -0.25) is 9.59 Å². The fraction of sp³-hybridized carbons (Fsp3) is 0.444. The molecule has 1 aromatic carbocycles. The number of nitrogens with one attached hydrogen (secondary N) is 2. The number of rotatable bonds is 2. The second-order valence-corrected chi connectivity index (χ2v) is 6.57. The van der Waals surface area contributed by atoms with Crippen molar-refractivity contribution in [1.29, 1.82) is 0 Å². The van der Waals surface area contributed by atoms with E-state index < -0.39 is 5.92 Å². The van der Waals surface area contributed by atoms with Gasteiger partial charge in [-0.2, -0.15) is 0 Å². The molecule has 1 fully saturated rings. The molecule has 0 spiro atoms. The molecule has 0 amide bonds. The lowest BCUT2D eigenvalue weighted by Crippen LogP contribution is -2.22. The zero-order valence-electron chi connectivity index (χ0n) is 13.1. The molecule has 1 saturated carbocycles. The Morgan fingerprint density at radius 1 is 1.26 bits per heavy atom. The molecule has 120 valence electrons. The lowest BCUT2D eigenvalue weighted by molar-refractivity contribution is -0.150. The second kappa shape index (κ2) is 5.41. The molecule has 0 saturated heterocycles. The highest BCUT2D eigenvalue weighted by Gasteiger charge is 2.35. The number of hydrogen-bond donors (Lipinski definition) is 2. The number of carbonyl (C=O) groups excluding carboxylic acids is 1. The maximum absolute atomic E-state index is 12.6. The Hall–Kier alpha value is -2.30. The molecule has 1 aromatic heterocycles. The van der Waals surface area contributed by atoms with Crippen LogP contribution in [0.3, 0.4) is 0 Å². The van der Waals surface area contributed by atoms with Gasteiger partial charge in [0.1, 0.15) is 17.7 Å². The maximum Gasteiger partial charge on any atom is 0.315 e. The summed E-state index contributed by atoms with van der Waals surface area (Å²) in [7, 11) is 0. The Kier molecular flexibility index (Phi) is 3.36. The number of H-pyrrole nitrogens is 1. The summed E-state index contributed by atoms with van der Waals surface area (Å²) in [5, 5.41) is 4.02. The van der Waals surface area contributed by atoms with Gasteiger partial charge in [-0.15, -0.1) is 0 Å². The molecule has 0 radical (unpaired) electrons. The zero-order valence-corrected chi connectivity index (χ0v) is 13.1. The molecule has 1 aliphatic carbocycles. The van der Waals surface area contributed by atoms with Crippen LogP contribution < -0.4 is 10.9 Å². The van der Waals surface area contributed by atoms with Gasteiger partial charge in [-0.05, 0) is 44.7 Å². The van der Waals surface area contributed by atoms with Gasteiger partial charge in [0.15, 0.2) is 0 Å². The van der Waals surface area contributed by atoms with E-state index in [1.807, 2.05) is 25.1 Å². The largest absolute Gasteiger partial charge is 0.462 e. The van der Waals surface area contributed by atoms with E-state index in [0.717, 1.165) is 47.7 Å². The van der Waals surface area contributed by atoms with E-state index in [4.69, 9.17) is 4.74 Å². The molecule has 4 rings (SSSR count). The number of fused-ring (bicyclic) bond motifs is 3. The number of benzene rings is 1. The van der Waals surface area contributed by atoms with Crippen molar-refractivity contribution in [3.05, 3.63) is 39.7 Å². The van der Waals surface area contributed by atoms with Crippen LogP contribution in [0.1, 0.15) is 42.7 Å². The van der Waals surface area contributed by atoms with Gasteiger partial charge in [0.05, 0.1) is 0 Å². The summed E-state index contributed by atoms with van der Waals surface area (Å²) in [6.07, 6.45) is 4.20. The van der Waals surface area contributed by atoms with Crippen molar-refractivity contribution in [1.82, 2.24) is 4.98 Å². The Balaban J connectivity index is 1.77. The van der Waals surface area contributed by atoms with Crippen molar-refractivity contribution < 1.29 is 9.53 Å². The number of anilines is 1. The van der Waals surface area contributed by atoms with Crippen LogP contribution in [-0.4, -0.2) is 23.6 Å². The first-order valence-corrected chi connectivity index (χ1v) is 8.24. The second-order valence-electron chi connectivity index (χ2n) is 6.57. The van der Waals surface area contributed by atoms with E-state index >= 15 is 0 Å². The minimum absolute atomic E-state index is 0.0431. The number of aromatic amines is 1. The van der Waals surface area contributed by atoms with Crippen molar-refractivity contribution in [2.75, 3.05) is 11.9 Å². The Labute approximate surface area is 134 Å². The van der Waals surface area contributed by atoms with Crippen molar-refractivity contribution in [3.8, 4) is 0 Å². The minimum Gasteiger partial charge on any atom is -0.462 e. The average Bonchev–Trinajstić information content (AvgIpc) is 3.17. The van der Waals surface area contributed by atoms with E-state index in [1.165, 1.54) is 0 Å².